The number of anilines is 2. The van der Waals surface area contributed by atoms with Gasteiger partial charge in [0.1, 0.15) is 0 Å². The van der Waals surface area contributed by atoms with E-state index in [1.165, 1.54) is 0 Å². The normalized spacial score (nSPS) is 18.7. The summed E-state index contributed by atoms with van der Waals surface area (Å²) in [6, 6.07) is 0.335. The fourth-order valence-corrected chi connectivity index (χ4v) is 1.72. The van der Waals surface area contributed by atoms with Crippen molar-refractivity contribution in [2.75, 3.05) is 44.0 Å². The Hall–Kier alpha value is -1.63. The van der Waals surface area contributed by atoms with Crippen molar-refractivity contribution in [2.45, 2.75) is 13.3 Å². The molecule has 1 aromatic rings. The topological polar surface area (TPSA) is 81.2 Å². The summed E-state index contributed by atoms with van der Waals surface area (Å²) < 4.78 is 10.6. The molecule has 2 N–H and O–H groups in total. The Morgan fingerprint density at radius 3 is 2.83 bits per heavy atom. The van der Waals surface area contributed by atoms with Gasteiger partial charge in [0, 0.05) is 26.1 Å². The van der Waals surface area contributed by atoms with E-state index >= 15 is 0 Å². The molecule has 7 nitrogen and oxygen atoms in total. The first kappa shape index (κ1) is 12.8. The first-order chi connectivity index (χ1) is 8.81. The van der Waals surface area contributed by atoms with E-state index < -0.39 is 0 Å². The first-order valence-electron chi connectivity index (χ1n) is 6.20. The molecule has 100 valence electrons. The summed E-state index contributed by atoms with van der Waals surface area (Å²) in [5, 5.41) is 6.09. The molecular weight excluding hydrogens is 234 g/mol. The van der Waals surface area contributed by atoms with Crippen LogP contribution in [0.5, 0.6) is 6.01 Å². The standard InChI is InChI=1S/C11H19N5O2/c1-3-18-11-15-9(12-2)14-10(16-11)13-6-8-4-5-17-7-8/h8H,3-7H2,1-2H3,(H2,12,13,14,15,16). The van der Waals surface area contributed by atoms with E-state index in [0.717, 1.165) is 26.2 Å². The first-order valence-corrected chi connectivity index (χ1v) is 6.20. The maximum absolute atomic E-state index is 5.32. The van der Waals surface area contributed by atoms with E-state index in [0.29, 0.717) is 30.4 Å². The maximum atomic E-state index is 5.32. The van der Waals surface area contributed by atoms with E-state index in [-0.39, 0.29) is 0 Å². The Morgan fingerprint density at radius 1 is 1.33 bits per heavy atom. The van der Waals surface area contributed by atoms with Gasteiger partial charge in [-0.25, -0.2) is 0 Å². The summed E-state index contributed by atoms with van der Waals surface area (Å²) in [5.41, 5.74) is 0. The average Bonchev–Trinajstić information content (AvgIpc) is 2.89. The molecule has 18 heavy (non-hydrogen) atoms. The van der Waals surface area contributed by atoms with Crippen LogP contribution in [0.1, 0.15) is 13.3 Å². The Morgan fingerprint density at radius 2 is 2.17 bits per heavy atom. The fourth-order valence-electron chi connectivity index (χ4n) is 1.72. The monoisotopic (exact) mass is 253 g/mol. The number of ether oxygens (including phenoxy) is 2. The number of hydrogen-bond acceptors (Lipinski definition) is 7. The van der Waals surface area contributed by atoms with Gasteiger partial charge in [0.2, 0.25) is 11.9 Å². The summed E-state index contributed by atoms with van der Waals surface area (Å²) in [6.45, 7) is 4.87. The SMILES string of the molecule is CCOc1nc(NC)nc(NCC2CCOC2)n1. The molecule has 7 heteroatoms. The Labute approximate surface area is 106 Å². The highest BCUT2D eigenvalue weighted by atomic mass is 16.5. The van der Waals surface area contributed by atoms with Gasteiger partial charge >= 0.3 is 6.01 Å². The van der Waals surface area contributed by atoms with Crippen molar-refractivity contribution in [1.82, 2.24) is 15.0 Å². The molecule has 1 fully saturated rings. The van der Waals surface area contributed by atoms with Gasteiger partial charge in [-0.15, -0.1) is 0 Å². The molecule has 0 aliphatic carbocycles. The average molecular weight is 253 g/mol. The van der Waals surface area contributed by atoms with Crippen molar-refractivity contribution in [1.29, 1.82) is 0 Å². The van der Waals surface area contributed by atoms with Crippen LogP contribution in [0.15, 0.2) is 0 Å². The maximum Gasteiger partial charge on any atom is 0.323 e. The largest absolute Gasteiger partial charge is 0.464 e. The van der Waals surface area contributed by atoms with Gasteiger partial charge in [-0.3, -0.25) is 0 Å². The lowest BCUT2D eigenvalue weighted by Crippen LogP contribution is -2.17. The van der Waals surface area contributed by atoms with E-state index in [9.17, 15) is 0 Å². The second-order valence-corrected chi connectivity index (χ2v) is 4.06. The van der Waals surface area contributed by atoms with Crippen LogP contribution in [0, 0.1) is 5.92 Å². The van der Waals surface area contributed by atoms with E-state index in [2.05, 4.69) is 25.6 Å². The zero-order valence-corrected chi connectivity index (χ0v) is 10.8. The van der Waals surface area contributed by atoms with Crippen LogP contribution in [-0.2, 0) is 4.74 Å². The van der Waals surface area contributed by atoms with Crippen molar-refractivity contribution in [3.8, 4) is 6.01 Å². The molecule has 0 saturated carbocycles. The quantitative estimate of drug-likeness (QED) is 0.774. The lowest BCUT2D eigenvalue weighted by molar-refractivity contribution is 0.187. The highest BCUT2D eigenvalue weighted by molar-refractivity contribution is 5.35. The van der Waals surface area contributed by atoms with Gasteiger partial charge in [-0.05, 0) is 13.3 Å². The van der Waals surface area contributed by atoms with Crippen LogP contribution in [-0.4, -0.2) is 48.4 Å². The third-order valence-electron chi connectivity index (χ3n) is 2.68. The smallest absolute Gasteiger partial charge is 0.323 e. The van der Waals surface area contributed by atoms with Gasteiger partial charge < -0.3 is 20.1 Å². The van der Waals surface area contributed by atoms with Gasteiger partial charge in [0.05, 0.1) is 13.2 Å². The minimum atomic E-state index is 0.335. The summed E-state index contributed by atoms with van der Waals surface area (Å²) in [5.74, 6) is 1.55. The molecule has 1 aromatic heterocycles. The minimum absolute atomic E-state index is 0.335. The molecule has 1 saturated heterocycles. The van der Waals surface area contributed by atoms with E-state index in [1.54, 1.807) is 7.05 Å². The zero-order valence-electron chi connectivity index (χ0n) is 10.8. The number of nitrogens with one attached hydrogen (secondary N) is 2. The predicted octanol–water partition coefficient (Wildman–Crippen LogP) is 0.760. The summed E-state index contributed by atoms with van der Waals surface area (Å²) >= 11 is 0. The molecule has 1 aliphatic rings. The molecule has 1 atom stereocenters. The Bertz CT molecular complexity index is 382. The van der Waals surface area contributed by atoms with Crippen LogP contribution in [0.2, 0.25) is 0 Å². The van der Waals surface area contributed by atoms with E-state index in [1.807, 2.05) is 6.92 Å². The molecule has 0 bridgehead atoms. The van der Waals surface area contributed by atoms with Crippen molar-refractivity contribution in [2.24, 2.45) is 5.92 Å². The van der Waals surface area contributed by atoms with Crippen LogP contribution < -0.4 is 15.4 Å². The van der Waals surface area contributed by atoms with Crippen LogP contribution in [0.4, 0.5) is 11.9 Å². The number of nitrogens with zero attached hydrogens (tertiary/aromatic N) is 3. The number of aromatic nitrogens is 3. The minimum Gasteiger partial charge on any atom is -0.464 e. The lowest BCUT2D eigenvalue weighted by atomic mass is 10.1. The van der Waals surface area contributed by atoms with Crippen molar-refractivity contribution < 1.29 is 9.47 Å². The van der Waals surface area contributed by atoms with Crippen LogP contribution in [0.3, 0.4) is 0 Å². The van der Waals surface area contributed by atoms with Gasteiger partial charge in [0.25, 0.3) is 0 Å². The van der Waals surface area contributed by atoms with Crippen LogP contribution >= 0.6 is 0 Å². The van der Waals surface area contributed by atoms with Gasteiger partial charge in [0.15, 0.2) is 0 Å². The predicted molar refractivity (Wildman–Crippen MR) is 68.0 cm³/mol. The van der Waals surface area contributed by atoms with Crippen molar-refractivity contribution in [3.63, 3.8) is 0 Å². The molecule has 2 heterocycles. The second kappa shape index (κ2) is 6.34. The molecular formula is C11H19N5O2. The highest BCUT2D eigenvalue weighted by Gasteiger charge is 2.16. The molecule has 0 spiro atoms. The number of hydrogen-bond donors (Lipinski definition) is 2. The third-order valence-corrected chi connectivity index (χ3v) is 2.68. The molecule has 1 unspecified atom stereocenters. The van der Waals surface area contributed by atoms with Gasteiger partial charge in [-0.1, -0.05) is 0 Å². The molecule has 0 aromatic carbocycles. The summed E-state index contributed by atoms with van der Waals surface area (Å²) in [7, 11) is 1.76. The third kappa shape index (κ3) is 3.43. The van der Waals surface area contributed by atoms with Crippen molar-refractivity contribution in [3.05, 3.63) is 0 Å². The second-order valence-electron chi connectivity index (χ2n) is 4.06. The Kier molecular flexibility index (Phi) is 4.52. The molecule has 1 aliphatic heterocycles. The highest BCUT2D eigenvalue weighted by Crippen LogP contribution is 2.14. The van der Waals surface area contributed by atoms with Crippen molar-refractivity contribution >= 4 is 11.9 Å². The summed E-state index contributed by atoms with van der Waals surface area (Å²) in [6.07, 6.45) is 1.08. The molecule has 0 radical (unpaired) electrons. The Balaban J connectivity index is 1.98. The molecule has 0 amide bonds. The molecule has 2 rings (SSSR count). The summed E-state index contributed by atoms with van der Waals surface area (Å²) in [4.78, 5) is 12.5. The zero-order chi connectivity index (χ0) is 12.8. The fraction of sp³-hybridized carbons (Fsp3) is 0.727. The van der Waals surface area contributed by atoms with Crippen LogP contribution in [0.25, 0.3) is 0 Å². The van der Waals surface area contributed by atoms with Gasteiger partial charge in [-0.2, -0.15) is 15.0 Å². The number of rotatable bonds is 6. The lowest BCUT2D eigenvalue weighted by Gasteiger charge is -2.11. The van der Waals surface area contributed by atoms with E-state index in [4.69, 9.17) is 9.47 Å².